The number of ether oxygens (including phenoxy) is 1. The highest BCUT2D eigenvalue weighted by Gasteiger charge is 2.10. The van der Waals surface area contributed by atoms with E-state index in [1.165, 1.54) is 19.3 Å². The molecular formula is C15H27NO2. The fourth-order valence-electron chi connectivity index (χ4n) is 1.62. The van der Waals surface area contributed by atoms with E-state index in [2.05, 4.69) is 29.4 Å². The van der Waals surface area contributed by atoms with E-state index in [0.29, 0.717) is 12.3 Å². The number of terminal acetylenes is 1. The average molecular weight is 253 g/mol. The number of rotatable bonds is 4. The van der Waals surface area contributed by atoms with Crippen LogP contribution >= 0.6 is 0 Å². The molecule has 3 nitrogen and oxygen atoms in total. The normalized spacial score (nSPS) is 14.9. The zero-order chi connectivity index (χ0) is 14.2. The molecule has 1 aliphatic heterocycles. The first-order valence-electron chi connectivity index (χ1n) is 6.43. The minimum absolute atomic E-state index is 0.293. The van der Waals surface area contributed by atoms with E-state index in [1.807, 2.05) is 6.08 Å². The largest absolute Gasteiger partial charge is 0.505 e. The quantitative estimate of drug-likeness (QED) is 0.570. The van der Waals surface area contributed by atoms with E-state index >= 15 is 0 Å². The molecule has 104 valence electrons. The van der Waals surface area contributed by atoms with E-state index in [1.54, 1.807) is 20.3 Å². The van der Waals surface area contributed by atoms with Crippen molar-refractivity contribution in [1.29, 1.82) is 0 Å². The predicted molar refractivity (Wildman–Crippen MR) is 77.3 cm³/mol. The SMILES string of the molecule is C#C.CC(=O)CN1CCCCC1.CC/C=C\OC. The van der Waals surface area contributed by atoms with Crippen molar-refractivity contribution in [3.8, 4) is 12.8 Å². The zero-order valence-corrected chi connectivity index (χ0v) is 12.0. The maximum Gasteiger partial charge on any atom is 0.143 e. The molecule has 0 N–H and O–H groups in total. The molecule has 0 aromatic rings. The molecule has 0 atom stereocenters. The van der Waals surface area contributed by atoms with Crippen LogP contribution in [0.3, 0.4) is 0 Å². The summed E-state index contributed by atoms with van der Waals surface area (Å²) in [7, 11) is 1.64. The molecule has 0 radical (unpaired) electrons. The lowest BCUT2D eigenvalue weighted by molar-refractivity contribution is -0.118. The Balaban J connectivity index is 0. The van der Waals surface area contributed by atoms with E-state index in [9.17, 15) is 4.79 Å². The number of ketones is 1. The lowest BCUT2D eigenvalue weighted by Gasteiger charge is -2.24. The number of piperidine rings is 1. The Labute approximate surface area is 112 Å². The lowest BCUT2D eigenvalue weighted by atomic mass is 10.1. The number of nitrogens with zero attached hydrogens (tertiary/aromatic N) is 1. The van der Waals surface area contributed by atoms with Gasteiger partial charge in [-0.1, -0.05) is 19.4 Å². The van der Waals surface area contributed by atoms with Gasteiger partial charge in [-0.2, -0.15) is 0 Å². The van der Waals surface area contributed by atoms with Gasteiger partial charge in [-0.15, -0.1) is 12.8 Å². The van der Waals surface area contributed by atoms with Gasteiger partial charge in [0.2, 0.25) is 0 Å². The Hall–Kier alpha value is -1.27. The molecule has 0 aromatic heterocycles. The van der Waals surface area contributed by atoms with Crippen LogP contribution in [0.5, 0.6) is 0 Å². The molecular weight excluding hydrogens is 226 g/mol. The summed E-state index contributed by atoms with van der Waals surface area (Å²) in [6, 6.07) is 0. The zero-order valence-electron chi connectivity index (χ0n) is 12.0. The summed E-state index contributed by atoms with van der Waals surface area (Å²) in [6.45, 7) is 6.64. The number of likely N-dealkylation sites (tertiary alicyclic amines) is 1. The van der Waals surface area contributed by atoms with Crippen LogP contribution in [0.1, 0.15) is 39.5 Å². The van der Waals surface area contributed by atoms with Crippen LogP contribution in [0.4, 0.5) is 0 Å². The minimum Gasteiger partial charge on any atom is -0.505 e. The van der Waals surface area contributed by atoms with Crippen molar-refractivity contribution in [3.63, 3.8) is 0 Å². The smallest absolute Gasteiger partial charge is 0.143 e. The topological polar surface area (TPSA) is 29.5 Å². The number of hydrogen-bond donors (Lipinski definition) is 0. The summed E-state index contributed by atoms with van der Waals surface area (Å²) in [6.07, 6.45) is 16.6. The fraction of sp³-hybridized carbons (Fsp3) is 0.667. The fourth-order valence-corrected chi connectivity index (χ4v) is 1.62. The van der Waals surface area contributed by atoms with Gasteiger partial charge in [0, 0.05) is 0 Å². The molecule has 0 unspecified atom stereocenters. The molecule has 0 amide bonds. The van der Waals surface area contributed by atoms with Gasteiger partial charge in [-0.05, 0) is 39.3 Å². The number of carbonyl (C=O) groups excluding carboxylic acids is 1. The number of hydrogen-bond acceptors (Lipinski definition) is 3. The number of allylic oxidation sites excluding steroid dienone is 1. The van der Waals surface area contributed by atoms with Crippen LogP contribution in [0.25, 0.3) is 0 Å². The molecule has 0 aromatic carbocycles. The average Bonchev–Trinajstić information content (AvgIpc) is 2.40. The molecule has 1 fully saturated rings. The van der Waals surface area contributed by atoms with Gasteiger partial charge in [0.25, 0.3) is 0 Å². The van der Waals surface area contributed by atoms with Gasteiger partial charge in [-0.3, -0.25) is 9.69 Å². The molecule has 3 heteroatoms. The minimum atomic E-state index is 0.293. The highest BCUT2D eigenvalue weighted by molar-refractivity contribution is 5.77. The summed E-state index contributed by atoms with van der Waals surface area (Å²) in [5.74, 6) is 0.293. The maximum absolute atomic E-state index is 10.7. The van der Waals surface area contributed by atoms with Crippen LogP contribution < -0.4 is 0 Å². The third-order valence-electron chi connectivity index (χ3n) is 2.36. The van der Waals surface area contributed by atoms with Crippen LogP contribution in [0.15, 0.2) is 12.3 Å². The first-order chi connectivity index (χ1) is 8.70. The van der Waals surface area contributed by atoms with Crippen molar-refractivity contribution in [1.82, 2.24) is 4.90 Å². The summed E-state index contributed by atoms with van der Waals surface area (Å²) >= 11 is 0. The molecule has 0 aliphatic carbocycles. The van der Waals surface area contributed by atoms with Crippen molar-refractivity contribution in [2.75, 3.05) is 26.7 Å². The van der Waals surface area contributed by atoms with Crippen LogP contribution in [0, 0.1) is 12.8 Å². The van der Waals surface area contributed by atoms with E-state index in [0.717, 1.165) is 19.5 Å². The van der Waals surface area contributed by atoms with Crippen molar-refractivity contribution < 1.29 is 9.53 Å². The second-order valence-corrected chi connectivity index (χ2v) is 4.05. The van der Waals surface area contributed by atoms with Crippen molar-refractivity contribution in [3.05, 3.63) is 12.3 Å². The summed E-state index contributed by atoms with van der Waals surface area (Å²) in [4.78, 5) is 12.9. The van der Waals surface area contributed by atoms with Crippen LogP contribution in [0.2, 0.25) is 0 Å². The molecule has 18 heavy (non-hydrogen) atoms. The Bertz CT molecular complexity index is 222. The number of methoxy groups -OCH3 is 1. The molecule has 1 aliphatic rings. The Morgan fingerprint density at radius 3 is 2.17 bits per heavy atom. The summed E-state index contributed by atoms with van der Waals surface area (Å²) in [5, 5.41) is 0. The highest BCUT2D eigenvalue weighted by atomic mass is 16.5. The maximum atomic E-state index is 10.7. The standard InChI is InChI=1S/C8H15NO.C5H10O.C2H2/c1-8(10)7-9-5-3-2-4-6-9;1-3-4-5-6-2;1-2/h2-7H2,1H3;4-5H,3H2,1-2H3;1-2H/b;5-4-;. The summed E-state index contributed by atoms with van der Waals surface area (Å²) in [5.41, 5.74) is 0. The molecule has 0 spiro atoms. The van der Waals surface area contributed by atoms with Gasteiger partial charge in [-0.25, -0.2) is 0 Å². The molecule has 1 rings (SSSR count). The predicted octanol–water partition coefficient (Wildman–Crippen LogP) is 2.87. The second-order valence-electron chi connectivity index (χ2n) is 4.05. The Morgan fingerprint density at radius 2 is 1.83 bits per heavy atom. The third-order valence-corrected chi connectivity index (χ3v) is 2.36. The molecule has 0 saturated carbocycles. The number of carbonyl (C=O) groups is 1. The first kappa shape index (κ1) is 19.1. The van der Waals surface area contributed by atoms with Gasteiger partial charge in [0.1, 0.15) is 5.78 Å². The van der Waals surface area contributed by atoms with E-state index in [4.69, 9.17) is 0 Å². The first-order valence-corrected chi connectivity index (χ1v) is 6.43. The molecule has 0 bridgehead atoms. The van der Waals surface area contributed by atoms with Crippen molar-refractivity contribution in [2.45, 2.75) is 39.5 Å². The Kier molecular flexibility index (Phi) is 16.7. The van der Waals surface area contributed by atoms with Crippen LogP contribution in [-0.2, 0) is 9.53 Å². The molecule has 1 heterocycles. The van der Waals surface area contributed by atoms with Gasteiger partial charge < -0.3 is 4.74 Å². The second kappa shape index (κ2) is 15.7. The Morgan fingerprint density at radius 1 is 1.28 bits per heavy atom. The number of Topliss-reactive ketones (excluding diaryl/α,β-unsaturated/α-hetero) is 1. The van der Waals surface area contributed by atoms with Crippen molar-refractivity contribution in [2.24, 2.45) is 0 Å². The molecule has 1 saturated heterocycles. The van der Waals surface area contributed by atoms with Gasteiger partial charge in [0.15, 0.2) is 0 Å². The van der Waals surface area contributed by atoms with Crippen molar-refractivity contribution >= 4 is 5.78 Å². The van der Waals surface area contributed by atoms with E-state index in [-0.39, 0.29) is 0 Å². The van der Waals surface area contributed by atoms with E-state index < -0.39 is 0 Å². The summed E-state index contributed by atoms with van der Waals surface area (Å²) < 4.78 is 4.60. The highest BCUT2D eigenvalue weighted by Crippen LogP contribution is 2.07. The van der Waals surface area contributed by atoms with Crippen LogP contribution in [-0.4, -0.2) is 37.4 Å². The third kappa shape index (κ3) is 14.7. The van der Waals surface area contributed by atoms with Gasteiger partial charge >= 0.3 is 0 Å². The monoisotopic (exact) mass is 253 g/mol. The lowest BCUT2D eigenvalue weighted by Crippen LogP contribution is -2.33. The van der Waals surface area contributed by atoms with Gasteiger partial charge in [0.05, 0.1) is 19.9 Å².